The van der Waals surface area contributed by atoms with Crippen molar-refractivity contribution in [2.24, 2.45) is 0 Å². The largest absolute Gasteiger partial charge is 0.355 e. The van der Waals surface area contributed by atoms with Crippen LogP contribution in [0.15, 0.2) is 51.0 Å². The van der Waals surface area contributed by atoms with Crippen molar-refractivity contribution in [2.45, 2.75) is 11.6 Å². The molecule has 4 aromatic rings. The number of carbonyl (C=O) groups is 1. The molecule has 2 N–H and O–H groups in total. The van der Waals surface area contributed by atoms with Crippen LogP contribution in [0.5, 0.6) is 0 Å². The number of benzene rings is 1. The highest BCUT2D eigenvalue weighted by Gasteiger charge is 2.14. The molecule has 0 unspecified atom stereocenters. The quantitative estimate of drug-likeness (QED) is 0.263. The molecular weight excluding hydrogens is 481 g/mol. The number of nitrogens with zero attached hydrogens (tertiary/aromatic N) is 1. The summed E-state index contributed by atoms with van der Waals surface area (Å²) in [5.41, 5.74) is 1.63. The Morgan fingerprint density at radius 2 is 2.10 bits per heavy atom. The summed E-state index contributed by atoms with van der Waals surface area (Å²) in [7, 11) is 0. The minimum absolute atomic E-state index is 0.140. The molecule has 1 aromatic carbocycles. The molecule has 1 amide bonds. The maximum Gasteiger partial charge on any atom is 0.260 e. The number of aromatic amines is 1. The average Bonchev–Trinajstić information content (AvgIpc) is 3.37. The van der Waals surface area contributed by atoms with Gasteiger partial charge < -0.3 is 10.3 Å². The highest BCUT2D eigenvalue weighted by Crippen LogP contribution is 2.34. The van der Waals surface area contributed by atoms with Gasteiger partial charge in [0, 0.05) is 32.4 Å². The predicted molar refractivity (Wildman–Crippen MR) is 127 cm³/mol. The molecule has 3 aromatic heterocycles. The van der Waals surface area contributed by atoms with E-state index in [0.29, 0.717) is 38.4 Å². The van der Waals surface area contributed by atoms with Gasteiger partial charge in [-0.3, -0.25) is 9.59 Å². The fourth-order valence-electron chi connectivity index (χ4n) is 2.86. The Hall–Kier alpha value is -1.84. The summed E-state index contributed by atoms with van der Waals surface area (Å²) >= 11 is 16.2. The van der Waals surface area contributed by atoms with E-state index in [0.717, 1.165) is 16.0 Å². The molecule has 0 spiro atoms. The molecule has 5 nitrogen and oxygen atoms in total. The second-order valence-corrected chi connectivity index (χ2v) is 9.92. The second-order valence-electron chi connectivity index (χ2n) is 6.30. The minimum Gasteiger partial charge on any atom is -0.355 e. The third-order valence-electron chi connectivity index (χ3n) is 4.28. The number of aromatic nitrogens is 2. The lowest BCUT2D eigenvalue weighted by molar-refractivity contribution is -0.118. The van der Waals surface area contributed by atoms with Crippen LogP contribution in [0.3, 0.4) is 0 Å². The van der Waals surface area contributed by atoms with Crippen molar-refractivity contribution in [3.8, 4) is 10.4 Å². The molecule has 0 atom stereocenters. The number of H-pyrrole nitrogens is 1. The van der Waals surface area contributed by atoms with Crippen molar-refractivity contribution < 1.29 is 4.79 Å². The first kappa shape index (κ1) is 21.4. The van der Waals surface area contributed by atoms with Gasteiger partial charge in [-0.1, -0.05) is 47.1 Å². The van der Waals surface area contributed by atoms with Gasteiger partial charge in [0.25, 0.3) is 5.56 Å². The fourth-order valence-corrected chi connectivity index (χ4v) is 5.87. The van der Waals surface area contributed by atoms with E-state index in [9.17, 15) is 9.59 Å². The maximum absolute atomic E-state index is 12.6. The summed E-state index contributed by atoms with van der Waals surface area (Å²) in [6.45, 7) is 0.457. The second kappa shape index (κ2) is 9.53. The SMILES string of the molecule is O=C(CSc1nc2scc(-c3cccs3)c2c(=O)[nH]1)NCCc1ccc(Cl)cc1Cl. The smallest absolute Gasteiger partial charge is 0.260 e. The van der Waals surface area contributed by atoms with Crippen LogP contribution in [0.2, 0.25) is 10.0 Å². The standard InChI is InChI=1S/C20H15Cl2N3O2S3/c21-12-4-3-11(14(22)8-12)5-6-23-16(26)10-30-20-24-18(27)17-13(9-29-19(17)25-20)15-2-1-7-28-15/h1-4,7-9H,5-6,10H2,(H,23,26)(H,24,25,27). The zero-order valence-corrected chi connectivity index (χ0v) is 19.4. The number of nitrogens with one attached hydrogen (secondary N) is 2. The highest BCUT2D eigenvalue weighted by atomic mass is 35.5. The van der Waals surface area contributed by atoms with Crippen molar-refractivity contribution in [1.29, 1.82) is 0 Å². The van der Waals surface area contributed by atoms with E-state index < -0.39 is 0 Å². The molecule has 0 radical (unpaired) electrons. The van der Waals surface area contributed by atoms with Crippen LogP contribution in [0.4, 0.5) is 0 Å². The number of thiophene rings is 2. The first-order valence-electron chi connectivity index (χ1n) is 8.90. The van der Waals surface area contributed by atoms with Gasteiger partial charge in [-0.25, -0.2) is 4.98 Å². The molecule has 0 aliphatic rings. The van der Waals surface area contributed by atoms with E-state index in [4.69, 9.17) is 23.2 Å². The summed E-state index contributed by atoms with van der Waals surface area (Å²) < 4.78 is 0. The third kappa shape index (κ3) is 4.90. The van der Waals surface area contributed by atoms with Crippen molar-refractivity contribution in [3.05, 3.63) is 67.1 Å². The number of hydrogen-bond acceptors (Lipinski definition) is 6. The molecule has 0 aliphatic carbocycles. The van der Waals surface area contributed by atoms with Crippen molar-refractivity contribution in [3.63, 3.8) is 0 Å². The summed E-state index contributed by atoms with van der Waals surface area (Å²) in [5.74, 6) is 0.0182. The van der Waals surface area contributed by atoms with Crippen LogP contribution < -0.4 is 10.9 Å². The maximum atomic E-state index is 12.6. The van der Waals surface area contributed by atoms with Crippen LogP contribution >= 0.6 is 57.6 Å². The van der Waals surface area contributed by atoms with Gasteiger partial charge in [0.2, 0.25) is 5.91 Å². The minimum atomic E-state index is -0.190. The Morgan fingerprint density at radius 1 is 1.23 bits per heavy atom. The van der Waals surface area contributed by atoms with E-state index in [1.54, 1.807) is 23.5 Å². The monoisotopic (exact) mass is 495 g/mol. The molecule has 0 fully saturated rings. The third-order valence-corrected chi connectivity index (χ3v) is 7.52. The topological polar surface area (TPSA) is 74.8 Å². The average molecular weight is 496 g/mol. The molecular formula is C20H15Cl2N3O2S3. The van der Waals surface area contributed by atoms with Gasteiger partial charge in [-0.15, -0.1) is 22.7 Å². The molecule has 4 rings (SSSR count). The van der Waals surface area contributed by atoms with Crippen LogP contribution in [0.25, 0.3) is 20.7 Å². The normalized spacial score (nSPS) is 11.1. The fraction of sp³-hybridized carbons (Fsp3) is 0.150. The van der Waals surface area contributed by atoms with Gasteiger partial charge in [0.15, 0.2) is 5.16 Å². The molecule has 10 heteroatoms. The summed E-state index contributed by atoms with van der Waals surface area (Å²) in [6.07, 6.45) is 0.605. The summed E-state index contributed by atoms with van der Waals surface area (Å²) in [5, 5.41) is 8.96. The lowest BCUT2D eigenvalue weighted by Gasteiger charge is -2.07. The zero-order valence-electron chi connectivity index (χ0n) is 15.4. The molecule has 3 heterocycles. The van der Waals surface area contributed by atoms with E-state index in [-0.39, 0.29) is 17.2 Å². The lowest BCUT2D eigenvalue weighted by Crippen LogP contribution is -2.27. The van der Waals surface area contributed by atoms with E-state index >= 15 is 0 Å². The Bertz CT molecular complexity index is 1250. The first-order chi connectivity index (χ1) is 14.5. The van der Waals surface area contributed by atoms with E-state index in [1.165, 1.54) is 23.1 Å². The van der Waals surface area contributed by atoms with E-state index in [2.05, 4.69) is 15.3 Å². The Balaban J connectivity index is 1.35. The molecule has 0 saturated carbocycles. The Labute approximate surface area is 194 Å². The van der Waals surface area contributed by atoms with Crippen LogP contribution in [0.1, 0.15) is 5.56 Å². The number of hydrogen-bond donors (Lipinski definition) is 2. The first-order valence-corrected chi connectivity index (χ1v) is 12.4. The van der Waals surface area contributed by atoms with Crippen LogP contribution in [-0.2, 0) is 11.2 Å². The molecule has 0 bridgehead atoms. The highest BCUT2D eigenvalue weighted by molar-refractivity contribution is 7.99. The number of fused-ring (bicyclic) bond motifs is 1. The molecule has 0 saturated heterocycles. The van der Waals surface area contributed by atoms with Gasteiger partial charge in [0.1, 0.15) is 4.83 Å². The van der Waals surface area contributed by atoms with Crippen molar-refractivity contribution in [2.75, 3.05) is 12.3 Å². The number of halogens is 2. The van der Waals surface area contributed by atoms with Gasteiger partial charge in [-0.2, -0.15) is 0 Å². The predicted octanol–water partition coefficient (Wildman–Crippen LogP) is 5.47. The van der Waals surface area contributed by atoms with Crippen LogP contribution in [-0.4, -0.2) is 28.2 Å². The summed E-state index contributed by atoms with van der Waals surface area (Å²) in [4.78, 5) is 33.7. The molecule has 154 valence electrons. The Kier molecular flexibility index (Phi) is 6.80. The number of carbonyl (C=O) groups excluding carboxylic acids is 1. The van der Waals surface area contributed by atoms with Gasteiger partial charge >= 0.3 is 0 Å². The van der Waals surface area contributed by atoms with Crippen LogP contribution in [0, 0.1) is 0 Å². The van der Waals surface area contributed by atoms with Gasteiger partial charge in [-0.05, 0) is 35.6 Å². The van der Waals surface area contributed by atoms with Gasteiger partial charge in [0.05, 0.1) is 11.1 Å². The zero-order chi connectivity index (χ0) is 21.1. The number of amides is 1. The number of rotatable bonds is 7. The van der Waals surface area contributed by atoms with Crippen molar-refractivity contribution >= 4 is 73.8 Å². The lowest BCUT2D eigenvalue weighted by atomic mass is 10.1. The summed E-state index contributed by atoms with van der Waals surface area (Å²) in [6, 6.07) is 9.24. The van der Waals surface area contributed by atoms with E-state index in [1.807, 2.05) is 29.0 Å². The Morgan fingerprint density at radius 3 is 2.87 bits per heavy atom. The number of thioether (sulfide) groups is 1. The molecule has 30 heavy (non-hydrogen) atoms. The van der Waals surface area contributed by atoms with Crippen molar-refractivity contribution in [1.82, 2.24) is 15.3 Å². The molecule has 0 aliphatic heterocycles.